The minimum absolute atomic E-state index is 0.148. The average molecular weight is 1580 g/mol. The molecular formula is C111H68N8S2. The first-order valence-electron chi connectivity index (χ1n) is 41.3. The third-order valence-corrected chi connectivity index (χ3v) is 28.3. The zero-order valence-corrected chi connectivity index (χ0v) is 67.3. The van der Waals surface area contributed by atoms with E-state index < -0.39 is 0 Å². The van der Waals surface area contributed by atoms with Gasteiger partial charge in [-0.2, -0.15) is 0 Å². The second-order valence-electron chi connectivity index (χ2n) is 32.8. The van der Waals surface area contributed by atoms with E-state index in [1.807, 2.05) is 28.9 Å². The summed E-state index contributed by atoms with van der Waals surface area (Å²) in [4.78, 5) is 21.5. The van der Waals surface area contributed by atoms with Gasteiger partial charge in [-0.15, -0.1) is 22.7 Å². The van der Waals surface area contributed by atoms with Crippen LogP contribution in [0.5, 0.6) is 0 Å². The highest BCUT2D eigenvalue weighted by molar-refractivity contribution is 7.27. The normalized spacial score (nSPS) is 12.8. The predicted molar refractivity (Wildman–Crippen MR) is 508 cm³/mol. The Kier molecular flexibility index (Phi) is 14.5. The third kappa shape index (κ3) is 10.2. The van der Waals surface area contributed by atoms with Crippen molar-refractivity contribution >= 4 is 161 Å². The highest BCUT2D eigenvalue weighted by Gasteiger charge is 2.37. The molecule has 0 N–H and O–H groups in total. The van der Waals surface area contributed by atoms with Crippen LogP contribution in [0.25, 0.3) is 240 Å². The molecule has 1 aliphatic carbocycles. The second kappa shape index (κ2) is 25.9. The SMILES string of the molecule is CC1(C)c2ccccc2-c2cc3c4cc(-c5ccc6c(c5)c5cc(-c7ccc8sc9c(ccc%10c9c9cc(-c%11ccc%12c(c%11)c%11ccccc%11n%12-c%11nc(-c%12ccc(-c%13ccccc%13)cc%12)c%12ccccc%12n%11)ccc9n%10-c9ccccc9)c8c7)ccc5n6-c5nccc(-c6cccc7c6sc6ccccc67)n5)ccc4n(-c4ccccc4)c3cc21. The number of nitrogens with zero attached hydrogens (tertiary/aromatic N) is 8. The van der Waals surface area contributed by atoms with Gasteiger partial charge < -0.3 is 9.13 Å². The lowest BCUT2D eigenvalue weighted by Crippen LogP contribution is -2.14. The van der Waals surface area contributed by atoms with Crippen LogP contribution in [0, 0.1) is 0 Å². The van der Waals surface area contributed by atoms with Crippen LogP contribution in [0.4, 0.5) is 0 Å². The van der Waals surface area contributed by atoms with E-state index in [4.69, 9.17) is 19.9 Å². The molecule has 0 fully saturated rings. The maximum Gasteiger partial charge on any atom is 0.235 e. The first kappa shape index (κ1) is 67.9. The molecule has 0 saturated heterocycles. The minimum Gasteiger partial charge on any atom is -0.309 e. The molecule has 8 heterocycles. The number of rotatable bonds is 10. The smallest absolute Gasteiger partial charge is 0.235 e. The molecule has 0 radical (unpaired) electrons. The lowest BCUT2D eigenvalue weighted by molar-refractivity contribution is 0.661. The van der Waals surface area contributed by atoms with E-state index in [9.17, 15) is 0 Å². The Balaban J connectivity index is 0.620. The van der Waals surface area contributed by atoms with Crippen molar-refractivity contribution in [3.8, 4) is 101 Å². The molecular weight excluding hydrogens is 1510 g/mol. The highest BCUT2D eigenvalue weighted by atomic mass is 32.1. The van der Waals surface area contributed by atoms with E-state index in [0.29, 0.717) is 11.9 Å². The average Bonchev–Trinajstić information content (AvgIpc) is 1.55. The van der Waals surface area contributed by atoms with Crippen molar-refractivity contribution in [1.29, 1.82) is 0 Å². The molecule has 0 saturated carbocycles. The van der Waals surface area contributed by atoms with Crippen LogP contribution < -0.4 is 0 Å². The summed E-state index contributed by atoms with van der Waals surface area (Å²) in [5.41, 5.74) is 30.3. The predicted octanol–water partition coefficient (Wildman–Crippen LogP) is 29.9. The number of benzene rings is 17. The molecule has 0 atom stereocenters. The number of para-hydroxylation sites is 4. The summed E-state index contributed by atoms with van der Waals surface area (Å²) < 4.78 is 14.4. The number of fused-ring (bicyclic) bond motifs is 23. The van der Waals surface area contributed by atoms with E-state index >= 15 is 0 Å². The molecule has 0 aliphatic heterocycles. The summed E-state index contributed by atoms with van der Waals surface area (Å²) in [5.74, 6) is 1.25. The minimum atomic E-state index is -0.148. The fourth-order valence-corrected chi connectivity index (χ4v) is 22.6. The van der Waals surface area contributed by atoms with Gasteiger partial charge in [0, 0.05) is 123 Å². The number of aromatic nitrogens is 8. The molecule has 0 bridgehead atoms. The Bertz CT molecular complexity index is 8740. The molecule has 10 heteroatoms. The molecule has 25 aromatic rings. The third-order valence-electron chi connectivity index (χ3n) is 25.9. The van der Waals surface area contributed by atoms with Crippen molar-refractivity contribution < 1.29 is 0 Å². The summed E-state index contributed by atoms with van der Waals surface area (Å²) in [7, 11) is 0. The summed E-state index contributed by atoms with van der Waals surface area (Å²) >= 11 is 3.71. The van der Waals surface area contributed by atoms with E-state index in [1.54, 1.807) is 0 Å². The van der Waals surface area contributed by atoms with E-state index in [2.05, 4.69) is 402 Å². The molecule has 8 aromatic heterocycles. The fraction of sp³-hybridized carbons (Fsp3) is 0.0270. The molecule has 121 heavy (non-hydrogen) atoms. The number of hydrogen-bond acceptors (Lipinski definition) is 6. The van der Waals surface area contributed by atoms with Gasteiger partial charge >= 0.3 is 0 Å². The van der Waals surface area contributed by atoms with Crippen molar-refractivity contribution in [2.45, 2.75) is 19.3 Å². The van der Waals surface area contributed by atoms with E-state index in [0.717, 1.165) is 133 Å². The van der Waals surface area contributed by atoms with Crippen LogP contribution >= 0.6 is 22.7 Å². The van der Waals surface area contributed by atoms with Crippen LogP contribution in [0.1, 0.15) is 25.0 Å². The monoisotopic (exact) mass is 1580 g/mol. The Morgan fingerprint density at radius 3 is 1.40 bits per heavy atom. The van der Waals surface area contributed by atoms with Gasteiger partial charge in [-0.05, 0) is 206 Å². The second-order valence-corrected chi connectivity index (χ2v) is 34.9. The Hall–Kier alpha value is -15.2. The van der Waals surface area contributed by atoms with E-state index in [-0.39, 0.29) is 5.41 Å². The summed E-state index contributed by atoms with van der Waals surface area (Å²) in [6.07, 6.45) is 1.93. The first-order chi connectivity index (χ1) is 59.7. The van der Waals surface area contributed by atoms with Crippen LogP contribution in [-0.2, 0) is 5.41 Å². The lowest BCUT2D eigenvalue weighted by Gasteiger charge is -2.21. The highest BCUT2D eigenvalue weighted by Crippen LogP contribution is 2.53. The van der Waals surface area contributed by atoms with Gasteiger partial charge in [-0.3, -0.25) is 9.13 Å². The molecule has 17 aromatic carbocycles. The zero-order chi connectivity index (χ0) is 79.5. The van der Waals surface area contributed by atoms with Gasteiger partial charge in [0.25, 0.3) is 0 Å². The van der Waals surface area contributed by atoms with Crippen molar-refractivity contribution in [3.63, 3.8) is 0 Å². The van der Waals surface area contributed by atoms with Crippen LogP contribution in [-0.4, -0.2) is 38.2 Å². The Morgan fingerprint density at radius 2 is 0.711 bits per heavy atom. The van der Waals surface area contributed by atoms with Crippen molar-refractivity contribution in [2.75, 3.05) is 0 Å². The Morgan fingerprint density at radius 1 is 0.248 bits per heavy atom. The lowest BCUT2D eigenvalue weighted by atomic mass is 9.82. The molecule has 564 valence electrons. The van der Waals surface area contributed by atoms with Gasteiger partial charge in [0.15, 0.2) is 0 Å². The Labute approximate surface area is 702 Å². The fourth-order valence-electron chi connectivity index (χ4n) is 20.2. The topological polar surface area (TPSA) is 71.3 Å². The van der Waals surface area contributed by atoms with E-state index in [1.165, 1.54) is 106 Å². The van der Waals surface area contributed by atoms with Crippen molar-refractivity contribution in [3.05, 3.63) is 387 Å². The van der Waals surface area contributed by atoms with Crippen LogP contribution in [0.2, 0.25) is 0 Å². The molecule has 0 spiro atoms. The van der Waals surface area contributed by atoms with Gasteiger partial charge in [0.1, 0.15) is 0 Å². The van der Waals surface area contributed by atoms with Gasteiger partial charge in [-0.1, -0.05) is 244 Å². The summed E-state index contributed by atoms with van der Waals surface area (Å²) in [5, 5.41) is 15.4. The zero-order valence-electron chi connectivity index (χ0n) is 65.7. The van der Waals surface area contributed by atoms with Gasteiger partial charge in [0.2, 0.25) is 11.9 Å². The summed E-state index contributed by atoms with van der Waals surface area (Å²) in [6.45, 7) is 4.75. The number of thiophene rings is 2. The molecule has 8 nitrogen and oxygen atoms in total. The standard InChI is InChI=1S/C111H68N8S2/c1-111(2)91-33-16-12-27-76(91)83-63-88-87-60-69(41-48-96(87)117(102(88)64-92(83)111)75-25-10-5-11-26-75)70-43-50-98-85(58-70)86-59-71(44-51-99(86)118(98)109-112-56-55-94(113-109)82-32-20-31-79-78-29-15-19-36-103(78)120-107(79)82)73-46-54-104-89(61-73)80-47-53-101-105(108(80)121-104)90-62-72(45-52-100(90)116(101)74-23-8-4-9-24-74)68-42-49-97-84(57-68)77-28-14-18-35-95(77)119(97)110-114-93-34-17-13-30-81(93)106(115-110)67-39-37-66(38-40-67)65-21-6-3-7-22-65/h3-64H,1-2H3. The summed E-state index contributed by atoms with van der Waals surface area (Å²) in [6, 6.07) is 136. The van der Waals surface area contributed by atoms with Gasteiger partial charge in [-0.25, -0.2) is 19.9 Å². The molecule has 0 amide bonds. The number of hydrogen-bond donors (Lipinski definition) is 0. The first-order valence-corrected chi connectivity index (χ1v) is 42.9. The van der Waals surface area contributed by atoms with Crippen molar-refractivity contribution in [1.82, 2.24) is 38.2 Å². The van der Waals surface area contributed by atoms with Crippen molar-refractivity contribution in [2.24, 2.45) is 0 Å². The van der Waals surface area contributed by atoms with Crippen LogP contribution in [0.3, 0.4) is 0 Å². The van der Waals surface area contributed by atoms with Gasteiger partial charge in [0.05, 0.1) is 61.0 Å². The molecule has 26 rings (SSSR count). The largest absolute Gasteiger partial charge is 0.309 e. The maximum atomic E-state index is 5.55. The maximum absolute atomic E-state index is 5.55. The van der Waals surface area contributed by atoms with Crippen LogP contribution in [0.15, 0.2) is 376 Å². The molecule has 0 unspecified atom stereocenters. The molecule has 1 aliphatic rings. The quantitative estimate of drug-likeness (QED) is 0.137.